The Morgan fingerprint density at radius 2 is 1.94 bits per heavy atom. The van der Waals surface area contributed by atoms with E-state index in [1.54, 1.807) is 37.2 Å². The Balaban J connectivity index is 2.24. The molecule has 176 valence electrons. The van der Waals surface area contributed by atoms with Crippen LogP contribution < -0.4 is 5.32 Å². The van der Waals surface area contributed by atoms with E-state index in [4.69, 9.17) is 4.74 Å². The molecular formula is C23H34N4O5. The second-order valence-corrected chi connectivity index (χ2v) is 9.15. The molecule has 32 heavy (non-hydrogen) atoms. The first-order valence-electron chi connectivity index (χ1n) is 10.7. The summed E-state index contributed by atoms with van der Waals surface area (Å²) in [6.07, 6.45) is 6.48. The third-order valence-corrected chi connectivity index (χ3v) is 5.40. The highest BCUT2D eigenvalue weighted by Crippen LogP contribution is 2.25. The average molecular weight is 447 g/mol. The molecule has 3 amide bonds. The van der Waals surface area contributed by atoms with Gasteiger partial charge in [0.05, 0.1) is 17.3 Å². The Bertz CT molecular complexity index is 821. The molecule has 9 heteroatoms. The molecule has 0 aromatic rings. The molecule has 0 radical (unpaired) electrons. The number of likely N-dealkylation sites (tertiary alicyclic amines) is 1. The van der Waals surface area contributed by atoms with Gasteiger partial charge in [-0.25, -0.2) is 0 Å². The van der Waals surface area contributed by atoms with E-state index < -0.39 is 11.6 Å². The fourth-order valence-corrected chi connectivity index (χ4v) is 3.68. The van der Waals surface area contributed by atoms with E-state index in [2.05, 4.69) is 11.9 Å². The van der Waals surface area contributed by atoms with Gasteiger partial charge in [0.15, 0.2) is 0 Å². The third-order valence-electron chi connectivity index (χ3n) is 5.40. The first-order chi connectivity index (χ1) is 15.0. The fraction of sp³-hybridized carbons (Fsp3) is 0.565. The lowest BCUT2D eigenvalue weighted by Crippen LogP contribution is -2.54. The van der Waals surface area contributed by atoms with Gasteiger partial charge in [-0.15, -0.1) is 0 Å². The molecule has 1 unspecified atom stereocenters. The van der Waals surface area contributed by atoms with Gasteiger partial charge in [0, 0.05) is 40.2 Å². The molecule has 2 rings (SSSR count). The van der Waals surface area contributed by atoms with Crippen LogP contribution in [0.25, 0.3) is 0 Å². The Morgan fingerprint density at radius 3 is 2.47 bits per heavy atom. The summed E-state index contributed by atoms with van der Waals surface area (Å²) in [4.78, 5) is 53.2. The normalized spacial score (nSPS) is 20.8. The summed E-state index contributed by atoms with van der Waals surface area (Å²) < 4.78 is 5.46. The van der Waals surface area contributed by atoms with Crippen molar-refractivity contribution in [1.82, 2.24) is 20.0 Å². The van der Waals surface area contributed by atoms with Crippen molar-refractivity contribution in [1.29, 1.82) is 0 Å². The maximum Gasteiger partial charge on any atom is 0.312 e. The van der Waals surface area contributed by atoms with E-state index >= 15 is 0 Å². The number of ether oxygens (including phenoxy) is 1. The van der Waals surface area contributed by atoms with Crippen molar-refractivity contribution in [3.05, 3.63) is 36.2 Å². The van der Waals surface area contributed by atoms with Crippen molar-refractivity contribution in [3.8, 4) is 0 Å². The van der Waals surface area contributed by atoms with Crippen LogP contribution in [0.5, 0.6) is 0 Å². The minimum Gasteiger partial charge on any atom is -0.460 e. The number of hydrogen-bond acceptors (Lipinski definition) is 7. The molecule has 0 aromatic heterocycles. The van der Waals surface area contributed by atoms with Gasteiger partial charge in [-0.3, -0.25) is 29.4 Å². The van der Waals surface area contributed by atoms with E-state index in [1.807, 2.05) is 25.7 Å². The fourth-order valence-electron chi connectivity index (χ4n) is 3.68. The SMILES string of the molecule is C=C/C=C\C(=C(/CN1CC(C(=O)OC(C)(C)C)C1)N(C)C=O)N(C)C1CCC(=O)NC1=O. The molecule has 2 aliphatic heterocycles. The van der Waals surface area contributed by atoms with Crippen molar-refractivity contribution in [2.24, 2.45) is 5.92 Å². The minimum absolute atomic E-state index is 0.211. The lowest BCUT2D eigenvalue weighted by atomic mass is 9.99. The number of hydrogen-bond donors (Lipinski definition) is 1. The number of nitrogens with zero attached hydrogens (tertiary/aromatic N) is 3. The van der Waals surface area contributed by atoms with Crippen LogP contribution in [0.3, 0.4) is 0 Å². The maximum absolute atomic E-state index is 12.4. The monoisotopic (exact) mass is 446 g/mol. The number of allylic oxidation sites excluding steroid dienone is 3. The first-order valence-corrected chi connectivity index (χ1v) is 10.7. The van der Waals surface area contributed by atoms with Crippen LogP contribution in [0.15, 0.2) is 36.2 Å². The molecule has 2 fully saturated rings. The summed E-state index contributed by atoms with van der Waals surface area (Å²) in [6.45, 7) is 10.7. The number of rotatable bonds is 9. The maximum atomic E-state index is 12.4. The van der Waals surface area contributed by atoms with Gasteiger partial charge in [0.25, 0.3) is 0 Å². The van der Waals surface area contributed by atoms with Crippen molar-refractivity contribution in [2.75, 3.05) is 33.7 Å². The van der Waals surface area contributed by atoms with E-state index in [-0.39, 0.29) is 30.1 Å². The number of carbonyl (C=O) groups excluding carboxylic acids is 4. The number of imide groups is 1. The molecule has 1 N–H and O–H groups in total. The molecule has 9 nitrogen and oxygen atoms in total. The number of esters is 1. The van der Waals surface area contributed by atoms with Crippen molar-refractivity contribution < 1.29 is 23.9 Å². The Morgan fingerprint density at radius 1 is 1.28 bits per heavy atom. The Hall–Kier alpha value is -2.94. The first kappa shape index (κ1) is 25.3. The van der Waals surface area contributed by atoms with Crippen LogP contribution in [-0.4, -0.2) is 84.3 Å². The lowest BCUT2D eigenvalue weighted by molar-refractivity contribution is -0.165. The number of piperidine rings is 1. The quantitative estimate of drug-likeness (QED) is 0.244. The van der Waals surface area contributed by atoms with Gasteiger partial charge < -0.3 is 14.5 Å². The van der Waals surface area contributed by atoms with Gasteiger partial charge in [-0.05, 0) is 33.3 Å². The van der Waals surface area contributed by atoms with Crippen LogP contribution in [0, 0.1) is 5.92 Å². The van der Waals surface area contributed by atoms with Crippen LogP contribution in [-0.2, 0) is 23.9 Å². The van der Waals surface area contributed by atoms with Gasteiger partial charge in [-0.1, -0.05) is 18.7 Å². The highest BCUT2D eigenvalue weighted by molar-refractivity contribution is 6.00. The zero-order chi connectivity index (χ0) is 24.1. The van der Waals surface area contributed by atoms with Crippen molar-refractivity contribution in [3.63, 3.8) is 0 Å². The van der Waals surface area contributed by atoms with Crippen LogP contribution in [0.2, 0.25) is 0 Å². The molecule has 0 aromatic carbocycles. The largest absolute Gasteiger partial charge is 0.460 e. The summed E-state index contributed by atoms with van der Waals surface area (Å²) in [5.74, 6) is -1.09. The number of carbonyl (C=O) groups is 4. The molecule has 2 aliphatic rings. The van der Waals surface area contributed by atoms with E-state index in [0.29, 0.717) is 43.9 Å². The van der Waals surface area contributed by atoms with E-state index in [0.717, 1.165) is 0 Å². The number of likely N-dealkylation sites (N-methyl/N-ethyl adjacent to an activating group) is 2. The number of amides is 3. The second-order valence-electron chi connectivity index (χ2n) is 9.15. The highest BCUT2D eigenvalue weighted by Gasteiger charge is 2.37. The molecule has 0 saturated carbocycles. The third kappa shape index (κ3) is 6.53. The Labute approximate surface area is 189 Å². The zero-order valence-corrected chi connectivity index (χ0v) is 19.6. The average Bonchev–Trinajstić information content (AvgIpc) is 2.66. The van der Waals surface area contributed by atoms with Crippen LogP contribution in [0.4, 0.5) is 0 Å². The van der Waals surface area contributed by atoms with Crippen molar-refractivity contribution >= 4 is 24.2 Å². The van der Waals surface area contributed by atoms with Crippen LogP contribution in [0.1, 0.15) is 33.6 Å². The van der Waals surface area contributed by atoms with Crippen LogP contribution >= 0.6 is 0 Å². The smallest absolute Gasteiger partial charge is 0.312 e. The summed E-state index contributed by atoms with van der Waals surface area (Å²) >= 11 is 0. The molecule has 0 aliphatic carbocycles. The molecule has 2 saturated heterocycles. The standard InChI is InChI=1S/C23H34N4O5/c1-7-8-9-17(26(6)18-10-11-20(29)24-21(18)30)19(25(5)15-28)14-27-12-16(13-27)22(31)32-23(2,3)4/h7-9,15-16,18H,1,10-14H2,2-6H3,(H,24,29,30)/b9-8-,19-17-. The highest BCUT2D eigenvalue weighted by atomic mass is 16.6. The topological polar surface area (TPSA) is 99.3 Å². The molecular weight excluding hydrogens is 412 g/mol. The molecule has 0 bridgehead atoms. The predicted octanol–water partition coefficient (Wildman–Crippen LogP) is 1.04. The predicted molar refractivity (Wildman–Crippen MR) is 120 cm³/mol. The van der Waals surface area contributed by atoms with Gasteiger partial charge in [0.2, 0.25) is 18.2 Å². The molecule has 2 heterocycles. The minimum atomic E-state index is -0.543. The summed E-state index contributed by atoms with van der Waals surface area (Å²) in [7, 11) is 3.41. The Kier molecular flexibility index (Phi) is 8.38. The van der Waals surface area contributed by atoms with E-state index in [9.17, 15) is 19.2 Å². The van der Waals surface area contributed by atoms with E-state index in [1.165, 1.54) is 4.90 Å². The second kappa shape index (κ2) is 10.6. The number of nitrogens with one attached hydrogen (secondary N) is 1. The molecule has 1 atom stereocenters. The van der Waals surface area contributed by atoms with Gasteiger partial charge in [-0.2, -0.15) is 0 Å². The molecule has 0 spiro atoms. The van der Waals surface area contributed by atoms with Crippen molar-refractivity contribution in [2.45, 2.75) is 45.3 Å². The van der Waals surface area contributed by atoms with Gasteiger partial charge in [0.1, 0.15) is 11.6 Å². The van der Waals surface area contributed by atoms with Gasteiger partial charge >= 0.3 is 5.97 Å². The summed E-state index contributed by atoms with van der Waals surface area (Å²) in [6, 6.07) is -0.543. The summed E-state index contributed by atoms with van der Waals surface area (Å²) in [5, 5.41) is 2.37. The summed E-state index contributed by atoms with van der Waals surface area (Å²) in [5.41, 5.74) is 0.802. The zero-order valence-electron chi connectivity index (χ0n) is 19.6. The lowest BCUT2D eigenvalue weighted by Gasteiger charge is -2.41.